The molecule has 0 spiro atoms. The van der Waals surface area contributed by atoms with Gasteiger partial charge in [0.1, 0.15) is 5.92 Å². The first kappa shape index (κ1) is 9.03. The molecule has 4 heteroatoms. The van der Waals surface area contributed by atoms with Crippen molar-refractivity contribution < 1.29 is 9.53 Å². The summed E-state index contributed by atoms with van der Waals surface area (Å²) in [5.74, 6) is 0.434. The van der Waals surface area contributed by atoms with E-state index in [2.05, 4.69) is 5.10 Å². The molecule has 0 saturated heterocycles. The zero-order valence-corrected chi connectivity index (χ0v) is 7.70. The fourth-order valence-corrected chi connectivity index (χ4v) is 1.22. The second-order valence-corrected chi connectivity index (χ2v) is 2.69. The van der Waals surface area contributed by atoms with E-state index in [1.807, 2.05) is 13.8 Å². The van der Waals surface area contributed by atoms with Crippen molar-refractivity contribution in [2.45, 2.75) is 20.3 Å². The predicted octanol–water partition coefficient (Wildman–Crippen LogP) is 0.835. The third kappa shape index (κ3) is 1.42. The Kier molecular flexibility index (Phi) is 2.68. The van der Waals surface area contributed by atoms with E-state index in [-0.39, 0.29) is 11.8 Å². The molecule has 68 valence electrons. The van der Waals surface area contributed by atoms with Crippen molar-refractivity contribution in [1.29, 1.82) is 0 Å². The van der Waals surface area contributed by atoms with Gasteiger partial charge in [0, 0.05) is 7.05 Å². The Bertz CT molecular complexity index is 213. The first-order valence-corrected chi connectivity index (χ1v) is 4.19. The summed E-state index contributed by atoms with van der Waals surface area (Å²) in [4.78, 5) is 11.4. The second kappa shape index (κ2) is 3.56. The molecule has 0 fully saturated rings. The summed E-state index contributed by atoms with van der Waals surface area (Å²) in [6.45, 7) is 4.41. The number of rotatable bonds is 2. The first-order valence-electron chi connectivity index (χ1n) is 4.19. The van der Waals surface area contributed by atoms with Gasteiger partial charge in [-0.05, 0) is 13.3 Å². The molecule has 12 heavy (non-hydrogen) atoms. The van der Waals surface area contributed by atoms with Crippen molar-refractivity contribution in [3.63, 3.8) is 0 Å². The first-order chi connectivity index (χ1) is 5.70. The highest BCUT2D eigenvalue weighted by atomic mass is 16.5. The lowest BCUT2D eigenvalue weighted by molar-refractivity contribution is -0.130. The van der Waals surface area contributed by atoms with Crippen molar-refractivity contribution in [3.8, 4) is 0 Å². The monoisotopic (exact) mass is 170 g/mol. The van der Waals surface area contributed by atoms with Gasteiger partial charge < -0.3 is 4.74 Å². The maximum absolute atomic E-state index is 11.4. The van der Waals surface area contributed by atoms with E-state index >= 15 is 0 Å². The van der Waals surface area contributed by atoms with Crippen molar-refractivity contribution in [2.24, 2.45) is 11.0 Å². The van der Waals surface area contributed by atoms with Crippen LogP contribution >= 0.6 is 0 Å². The van der Waals surface area contributed by atoms with Crippen LogP contribution in [0.5, 0.6) is 0 Å². The second-order valence-electron chi connectivity index (χ2n) is 2.69. The van der Waals surface area contributed by atoms with Gasteiger partial charge >= 0.3 is 0 Å². The van der Waals surface area contributed by atoms with E-state index in [9.17, 15) is 4.79 Å². The summed E-state index contributed by atoms with van der Waals surface area (Å²) in [5.41, 5.74) is 0. The fourth-order valence-electron chi connectivity index (χ4n) is 1.22. The molecule has 0 saturated carbocycles. The van der Waals surface area contributed by atoms with Crippen LogP contribution in [-0.2, 0) is 9.53 Å². The number of amides is 1. The summed E-state index contributed by atoms with van der Waals surface area (Å²) in [7, 11) is 1.65. The van der Waals surface area contributed by atoms with Crippen LogP contribution in [0.15, 0.2) is 5.10 Å². The largest absolute Gasteiger partial charge is 0.479 e. The molecule has 0 aromatic rings. The van der Waals surface area contributed by atoms with E-state index in [4.69, 9.17) is 4.74 Å². The minimum Gasteiger partial charge on any atom is -0.479 e. The van der Waals surface area contributed by atoms with Gasteiger partial charge in [0.25, 0.3) is 5.91 Å². The lowest BCUT2D eigenvalue weighted by Gasteiger charge is -2.07. The third-order valence-corrected chi connectivity index (χ3v) is 1.86. The molecule has 1 rings (SSSR count). The summed E-state index contributed by atoms with van der Waals surface area (Å²) >= 11 is 0. The molecule has 1 aliphatic heterocycles. The minimum atomic E-state index is -0.157. The van der Waals surface area contributed by atoms with Gasteiger partial charge in [-0.2, -0.15) is 0 Å². The van der Waals surface area contributed by atoms with E-state index in [0.29, 0.717) is 12.5 Å². The maximum Gasteiger partial charge on any atom is 0.255 e. The fraction of sp³-hybridized carbons (Fsp3) is 0.750. The van der Waals surface area contributed by atoms with Crippen LogP contribution in [0.1, 0.15) is 20.3 Å². The van der Waals surface area contributed by atoms with Crippen LogP contribution in [-0.4, -0.2) is 30.5 Å². The molecule has 1 unspecified atom stereocenters. The lowest BCUT2D eigenvalue weighted by Crippen LogP contribution is -2.25. The summed E-state index contributed by atoms with van der Waals surface area (Å²) in [6, 6.07) is 0. The number of nitrogens with zero attached hydrogens (tertiary/aromatic N) is 2. The van der Waals surface area contributed by atoms with Gasteiger partial charge in [-0.3, -0.25) is 4.79 Å². The van der Waals surface area contributed by atoms with Crippen LogP contribution in [0, 0.1) is 5.92 Å². The summed E-state index contributed by atoms with van der Waals surface area (Å²) in [6.07, 6.45) is 0.752. The smallest absolute Gasteiger partial charge is 0.255 e. The van der Waals surface area contributed by atoms with Crippen LogP contribution in [0.4, 0.5) is 0 Å². The van der Waals surface area contributed by atoms with E-state index < -0.39 is 0 Å². The highest BCUT2D eigenvalue weighted by Crippen LogP contribution is 2.17. The van der Waals surface area contributed by atoms with E-state index in [1.165, 1.54) is 5.01 Å². The van der Waals surface area contributed by atoms with Crippen molar-refractivity contribution in [1.82, 2.24) is 5.01 Å². The molecular weight excluding hydrogens is 156 g/mol. The van der Waals surface area contributed by atoms with Crippen molar-refractivity contribution in [3.05, 3.63) is 0 Å². The number of carbonyl (C=O) groups is 1. The van der Waals surface area contributed by atoms with Crippen LogP contribution in [0.2, 0.25) is 0 Å². The average Bonchev–Trinajstić information content (AvgIpc) is 2.29. The maximum atomic E-state index is 11.4. The normalized spacial score (nSPS) is 22.9. The molecule has 1 heterocycles. The Morgan fingerprint density at radius 1 is 1.58 bits per heavy atom. The third-order valence-electron chi connectivity index (χ3n) is 1.86. The van der Waals surface area contributed by atoms with E-state index in [1.54, 1.807) is 7.05 Å². The average molecular weight is 170 g/mol. The summed E-state index contributed by atoms with van der Waals surface area (Å²) < 4.78 is 5.23. The topological polar surface area (TPSA) is 41.9 Å². The minimum absolute atomic E-state index is 0.0287. The number of hydrazone groups is 1. The highest BCUT2D eigenvalue weighted by molar-refractivity contribution is 6.04. The standard InChI is InChI=1S/C8H14N2O2/c1-4-6-7(12-5-2)9-10(3)8(6)11/h6H,4-5H2,1-3H3. The SMILES string of the molecule is CCOC1=NN(C)C(=O)C1CC. The zero-order chi connectivity index (χ0) is 9.14. The van der Waals surface area contributed by atoms with Crippen LogP contribution in [0.3, 0.4) is 0 Å². The Morgan fingerprint density at radius 2 is 2.25 bits per heavy atom. The number of hydrogen-bond acceptors (Lipinski definition) is 3. The van der Waals surface area contributed by atoms with Gasteiger partial charge in [0.15, 0.2) is 0 Å². The van der Waals surface area contributed by atoms with Crippen molar-refractivity contribution >= 4 is 11.8 Å². The Labute approximate surface area is 72.2 Å². The van der Waals surface area contributed by atoms with Crippen LogP contribution < -0.4 is 0 Å². The Balaban J connectivity index is 2.71. The number of hydrogen-bond donors (Lipinski definition) is 0. The molecule has 0 bridgehead atoms. The molecule has 0 N–H and O–H groups in total. The zero-order valence-electron chi connectivity index (χ0n) is 7.70. The molecule has 1 atom stereocenters. The molecule has 0 aliphatic carbocycles. The molecule has 0 aromatic carbocycles. The van der Waals surface area contributed by atoms with E-state index in [0.717, 1.165) is 6.42 Å². The van der Waals surface area contributed by atoms with Gasteiger partial charge in [-0.25, -0.2) is 5.01 Å². The molecule has 1 aliphatic rings. The Hall–Kier alpha value is -1.06. The van der Waals surface area contributed by atoms with Gasteiger partial charge in [0.05, 0.1) is 6.61 Å². The number of ether oxygens (including phenoxy) is 1. The lowest BCUT2D eigenvalue weighted by atomic mass is 10.1. The molecular formula is C8H14N2O2. The van der Waals surface area contributed by atoms with Crippen LogP contribution in [0.25, 0.3) is 0 Å². The molecule has 0 aromatic heterocycles. The number of carbonyl (C=O) groups excluding carboxylic acids is 1. The predicted molar refractivity (Wildman–Crippen MR) is 45.6 cm³/mol. The molecule has 0 radical (unpaired) electrons. The van der Waals surface area contributed by atoms with Crippen molar-refractivity contribution in [2.75, 3.05) is 13.7 Å². The summed E-state index contributed by atoms with van der Waals surface area (Å²) in [5, 5.41) is 5.34. The van der Waals surface area contributed by atoms with Gasteiger partial charge in [0.2, 0.25) is 5.90 Å². The molecule has 4 nitrogen and oxygen atoms in total. The van der Waals surface area contributed by atoms with Gasteiger partial charge in [-0.15, -0.1) is 5.10 Å². The van der Waals surface area contributed by atoms with Gasteiger partial charge in [-0.1, -0.05) is 6.92 Å². The quantitative estimate of drug-likeness (QED) is 0.616. The Morgan fingerprint density at radius 3 is 2.75 bits per heavy atom. The molecule has 1 amide bonds. The highest BCUT2D eigenvalue weighted by Gasteiger charge is 2.33.